The van der Waals surface area contributed by atoms with E-state index in [2.05, 4.69) is 10.2 Å². The van der Waals surface area contributed by atoms with Crippen LogP contribution in [0.25, 0.3) is 6.08 Å². The summed E-state index contributed by atoms with van der Waals surface area (Å²) in [4.78, 5) is 32.3. The molecule has 0 saturated heterocycles. The molecule has 0 bridgehead atoms. The van der Waals surface area contributed by atoms with Gasteiger partial charge in [0.15, 0.2) is 5.71 Å². The maximum absolute atomic E-state index is 13.4. The predicted molar refractivity (Wildman–Crippen MR) is 126 cm³/mol. The molecule has 14 heteroatoms. The van der Waals surface area contributed by atoms with Gasteiger partial charge in [0.25, 0.3) is 0 Å². The highest BCUT2D eigenvalue weighted by Crippen LogP contribution is 2.25. The van der Waals surface area contributed by atoms with Gasteiger partial charge in [-0.1, -0.05) is 5.10 Å². The first-order valence-electron chi connectivity index (χ1n) is 10.4. The smallest absolute Gasteiger partial charge is 0.358 e. The molecule has 2 aromatic rings. The van der Waals surface area contributed by atoms with E-state index in [0.717, 1.165) is 6.92 Å². The van der Waals surface area contributed by atoms with Crippen LogP contribution in [0.5, 0.6) is 0 Å². The van der Waals surface area contributed by atoms with Gasteiger partial charge < -0.3 is 14.8 Å². The standard InChI is InChI=1S/C20H20FN7O4.C2H4O2/c1-13-19(27(29)30)17(24(3)22-13)9-11-26(16-7-5-15(21)6-8-16)12-10-18-20(28(31)32)14(2)23-25(18)4;1-2(3)4/h5-12H,1-4H3;1H3,(H,3,4)/b11-9+,12-10+;. The van der Waals surface area contributed by atoms with Gasteiger partial charge in [0.2, 0.25) is 5.70 Å². The molecule has 0 amide bonds. The van der Waals surface area contributed by atoms with E-state index in [9.17, 15) is 24.6 Å². The van der Waals surface area contributed by atoms with Crippen LogP contribution in [0.1, 0.15) is 25.2 Å². The molecule has 13 nitrogen and oxygen atoms in total. The number of nitro groups is 2. The van der Waals surface area contributed by atoms with Crippen LogP contribution in [-0.4, -0.2) is 38.4 Å². The van der Waals surface area contributed by atoms with Gasteiger partial charge in [0, 0.05) is 37.2 Å². The molecule has 1 atom stereocenters. The number of aromatic nitrogens is 2. The number of carbonyl (C=O) groups excluding carboxylic acids is 1. The molecule has 0 spiro atoms. The quantitative estimate of drug-likeness (QED) is 0.432. The Balaban J connectivity index is 0.00000106. The highest BCUT2D eigenvalue weighted by Gasteiger charge is 2.34. The second-order valence-corrected chi connectivity index (χ2v) is 7.51. The van der Waals surface area contributed by atoms with Gasteiger partial charge in [-0.3, -0.25) is 24.9 Å². The third-order valence-corrected chi connectivity index (χ3v) is 4.84. The summed E-state index contributed by atoms with van der Waals surface area (Å²) in [6.07, 6.45) is 6.12. The average molecular weight is 501 g/mol. The number of aryl methyl sites for hydroxylation is 2. The molecule has 190 valence electrons. The van der Waals surface area contributed by atoms with Gasteiger partial charge in [-0.05, 0) is 51.1 Å². The van der Waals surface area contributed by atoms with Crippen molar-refractivity contribution >= 4 is 29.1 Å². The lowest BCUT2D eigenvalue weighted by atomic mass is 10.2. The number of halogens is 1. The molecular weight excluding hydrogens is 477 g/mol. The molecule has 1 aromatic heterocycles. The highest BCUT2D eigenvalue weighted by molar-refractivity contribution is 5.97. The molecular formula is C22H24FN7O6. The van der Waals surface area contributed by atoms with E-state index in [1.807, 2.05) is 0 Å². The zero-order valence-electron chi connectivity index (χ0n) is 20.1. The lowest BCUT2D eigenvalue weighted by molar-refractivity contribution is -0.841. The van der Waals surface area contributed by atoms with Crippen LogP contribution >= 0.6 is 0 Å². The van der Waals surface area contributed by atoms with Crippen molar-refractivity contribution in [3.8, 4) is 0 Å². The molecule has 1 aliphatic heterocycles. The van der Waals surface area contributed by atoms with Crippen LogP contribution in [0.15, 0.2) is 59.2 Å². The Morgan fingerprint density at radius 2 is 1.67 bits per heavy atom. The van der Waals surface area contributed by atoms with E-state index in [0.29, 0.717) is 22.1 Å². The average Bonchev–Trinajstić information content (AvgIpc) is 3.21. The number of rotatable bonds is 7. The van der Waals surface area contributed by atoms with Gasteiger partial charge in [0.1, 0.15) is 17.2 Å². The zero-order chi connectivity index (χ0) is 27.2. The number of quaternary nitrogens is 1. The Labute approximate surface area is 205 Å². The monoisotopic (exact) mass is 501 g/mol. The minimum absolute atomic E-state index is 0.0975. The summed E-state index contributed by atoms with van der Waals surface area (Å²) in [5.41, 5.74) is 1.49. The van der Waals surface area contributed by atoms with Crippen molar-refractivity contribution in [1.29, 1.82) is 0 Å². The molecule has 0 saturated carbocycles. The fourth-order valence-corrected chi connectivity index (χ4v) is 3.38. The van der Waals surface area contributed by atoms with Crippen molar-refractivity contribution in [3.05, 3.63) is 91.6 Å². The maximum Gasteiger partial charge on any atom is 0.358 e. The van der Waals surface area contributed by atoms with Crippen LogP contribution in [0.4, 0.5) is 15.8 Å². The summed E-state index contributed by atoms with van der Waals surface area (Å²) in [6.45, 7) is 4.07. The van der Waals surface area contributed by atoms with E-state index >= 15 is 0 Å². The topological polar surface area (TPSA) is 164 Å². The number of likely N-dealkylation sites (N-methyl/N-ethyl adjacent to an activating group) is 1. The second kappa shape index (κ2) is 11.6. The number of benzene rings is 1. The summed E-state index contributed by atoms with van der Waals surface area (Å²) in [7, 11) is 3.25. The Kier molecular flexibility index (Phi) is 8.88. The fourth-order valence-electron chi connectivity index (χ4n) is 3.38. The number of carboxylic acid groups (broad SMARTS) is 1. The molecule has 1 aliphatic rings. The lowest BCUT2D eigenvalue weighted by Gasteiger charge is -2.16. The SMILES string of the molecule is CC(=O)[O-].CC1=N[NH+](C)C(/C=C/N(/C=C/c2c([N+](=O)[O-])c(C)nn2C)c2ccc(F)cc2)=C1[N+](=O)[O-]. The van der Waals surface area contributed by atoms with Gasteiger partial charge in [-0.2, -0.15) is 10.1 Å². The first-order chi connectivity index (χ1) is 16.8. The Morgan fingerprint density at radius 3 is 2.19 bits per heavy atom. The molecule has 36 heavy (non-hydrogen) atoms. The normalized spacial score (nSPS) is 15.2. The number of allylic oxidation sites excluding steroid dienone is 2. The maximum atomic E-state index is 13.4. The van der Waals surface area contributed by atoms with Crippen molar-refractivity contribution in [2.24, 2.45) is 12.1 Å². The first kappa shape index (κ1) is 27.5. The fraction of sp³-hybridized carbons (Fsp3) is 0.227. The van der Waals surface area contributed by atoms with E-state index in [1.54, 1.807) is 39.0 Å². The van der Waals surface area contributed by atoms with Crippen LogP contribution in [-0.2, 0) is 11.8 Å². The largest absolute Gasteiger partial charge is 0.550 e. The second-order valence-electron chi connectivity index (χ2n) is 7.51. The summed E-state index contributed by atoms with van der Waals surface area (Å²) in [5.74, 6) is -1.51. The van der Waals surface area contributed by atoms with E-state index in [-0.39, 0.29) is 22.8 Å². The Bertz CT molecular complexity index is 1290. The van der Waals surface area contributed by atoms with E-state index in [1.165, 1.54) is 47.3 Å². The summed E-state index contributed by atoms with van der Waals surface area (Å²) >= 11 is 0. The van der Waals surface area contributed by atoms with Crippen molar-refractivity contribution in [2.45, 2.75) is 20.8 Å². The summed E-state index contributed by atoms with van der Waals surface area (Å²) in [5, 5.41) is 40.5. The van der Waals surface area contributed by atoms with E-state index in [4.69, 9.17) is 9.90 Å². The van der Waals surface area contributed by atoms with Crippen LogP contribution in [0.2, 0.25) is 0 Å². The highest BCUT2D eigenvalue weighted by atomic mass is 19.1. The van der Waals surface area contributed by atoms with Crippen molar-refractivity contribution in [2.75, 3.05) is 11.9 Å². The van der Waals surface area contributed by atoms with Crippen molar-refractivity contribution in [3.63, 3.8) is 0 Å². The van der Waals surface area contributed by atoms with Gasteiger partial charge in [-0.25, -0.2) is 4.39 Å². The molecule has 0 fully saturated rings. The van der Waals surface area contributed by atoms with Gasteiger partial charge in [0.05, 0.1) is 16.9 Å². The van der Waals surface area contributed by atoms with Crippen LogP contribution in [0.3, 0.4) is 0 Å². The molecule has 0 radical (unpaired) electrons. The van der Waals surface area contributed by atoms with E-state index < -0.39 is 21.6 Å². The number of anilines is 1. The van der Waals surface area contributed by atoms with Crippen molar-refractivity contribution in [1.82, 2.24) is 9.78 Å². The number of carboxylic acids is 1. The molecule has 3 rings (SSSR count). The third kappa shape index (κ3) is 6.66. The number of carbonyl (C=O) groups is 1. The van der Waals surface area contributed by atoms with Crippen LogP contribution < -0.4 is 15.0 Å². The lowest BCUT2D eigenvalue weighted by Crippen LogP contribution is -3.01. The molecule has 1 unspecified atom stereocenters. The molecule has 2 heterocycles. The molecule has 0 aliphatic carbocycles. The molecule has 1 aromatic carbocycles. The summed E-state index contributed by atoms with van der Waals surface area (Å²) in [6, 6.07) is 5.57. The van der Waals surface area contributed by atoms with Gasteiger partial charge >= 0.3 is 11.4 Å². The number of aliphatic carboxylic acids is 1. The minimum Gasteiger partial charge on any atom is -0.550 e. The van der Waals surface area contributed by atoms with Crippen LogP contribution in [0, 0.1) is 33.0 Å². The van der Waals surface area contributed by atoms with Gasteiger partial charge in [-0.15, -0.1) is 0 Å². The third-order valence-electron chi connectivity index (χ3n) is 4.84. The molecule has 1 N–H and O–H groups in total. The Hall–Kier alpha value is -4.72. The first-order valence-corrected chi connectivity index (χ1v) is 10.4. The number of hydrogen-bond donors (Lipinski definition) is 1. The number of hydrogen-bond acceptors (Lipinski definition) is 9. The number of nitrogens with zero attached hydrogens (tertiary/aromatic N) is 6. The zero-order valence-corrected chi connectivity index (χ0v) is 20.1. The predicted octanol–water partition coefficient (Wildman–Crippen LogP) is 0.916. The van der Waals surface area contributed by atoms with Crippen molar-refractivity contribution < 1.29 is 29.1 Å². The number of nitrogens with one attached hydrogen (secondary N) is 1. The minimum atomic E-state index is -1.08. The Morgan fingerprint density at radius 1 is 1.11 bits per heavy atom. The summed E-state index contributed by atoms with van der Waals surface area (Å²) < 4.78 is 14.8.